The van der Waals surface area contributed by atoms with Crippen LogP contribution in [0.25, 0.3) is 0 Å². The molecule has 12 aromatic rings. The van der Waals surface area contributed by atoms with E-state index in [0.717, 1.165) is 57.8 Å². The van der Waals surface area contributed by atoms with Crippen LogP contribution in [-0.2, 0) is 57.8 Å². The molecule has 0 heteroatoms. The highest BCUT2D eigenvalue weighted by Crippen LogP contribution is 2.25. The molecule has 0 aromatic heterocycles. The van der Waals surface area contributed by atoms with Gasteiger partial charge in [-0.15, -0.1) is 0 Å². The third-order valence-electron chi connectivity index (χ3n) is 19.6. The lowest BCUT2D eigenvalue weighted by Gasteiger charge is -2.10. The highest BCUT2D eigenvalue weighted by atomic mass is 14.1. The third kappa shape index (κ3) is 19.1. The predicted molar refractivity (Wildman–Crippen MR) is 399 cm³/mol. The zero-order valence-corrected chi connectivity index (χ0v) is 57.6. The van der Waals surface area contributed by atoms with Crippen LogP contribution in [0.4, 0.5) is 0 Å². The Labute approximate surface area is 559 Å². The molecule has 0 aliphatic carbocycles. The fourth-order valence-electron chi connectivity index (χ4n) is 12.5. The summed E-state index contributed by atoms with van der Waals surface area (Å²) in [4.78, 5) is 0. The SMILES string of the molecule is Cc1ccc(Cc2ccc(Cc3ccc(Cc4ccc(C)c(C)c4)cc3)cc2)cc1C.Cc1ccc(Cc2ccc(Cc3ccc(Cc4cccc(C)c4C)cc3)cc2)cc1C.Cc1cccc(Cc2ccc(Cc3ccc(Cc4cccc(C)c4C)cc3)cc2)c1C. The third-order valence-corrected chi connectivity index (χ3v) is 19.6. The maximum absolute atomic E-state index is 2.31. The molecule has 0 saturated heterocycles. The largest absolute Gasteiger partial charge is 0.0617 e. The summed E-state index contributed by atoms with van der Waals surface area (Å²) in [5.41, 5.74) is 41.4. The summed E-state index contributed by atoms with van der Waals surface area (Å²) in [6.07, 6.45) is 8.93. The molecule has 0 spiro atoms. The minimum atomic E-state index is 0.980. The van der Waals surface area contributed by atoms with Gasteiger partial charge in [-0.25, -0.2) is 0 Å². The highest BCUT2D eigenvalue weighted by Gasteiger charge is 2.10. The molecule has 0 fully saturated rings. The zero-order valence-electron chi connectivity index (χ0n) is 57.6. The Bertz CT molecular complexity index is 4210. The lowest BCUT2D eigenvalue weighted by atomic mass is 9.95. The number of aryl methyl sites for hydroxylation is 9. The standard InChI is InChI=1S/3C31H32/c1-22-5-7-30(17-24(22)3)20-28-13-9-26(10-14-28)19-27-11-15-29(16-12-27)21-31-8-6-23(2)25(4)18-31;1-22-7-5-9-30(24(22)3)20-28-15-11-26(12-16-28)19-27-13-17-29(18-14-27)21-31-10-6-8-23(2)25(31)4;1-22-8-9-30(18-24(22)3)20-28-12-10-26(11-13-28)19-27-14-16-29(17-15-27)21-31-7-5-6-23(2)25(31)4/h3*5-18H,19-21H2,1-4H3. The van der Waals surface area contributed by atoms with Gasteiger partial charge in [-0.2, -0.15) is 0 Å². The fraction of sp³-hybridized carbons (Fsp3) is 0.226. The second kappa shape index (κ2) is 31.8. The van der Waals surface area contributed by atoms with Crippen LogP contribution in [0.1, 0.15) is 167 Å². The lowest BCUT2D eigenvalue weighted by Crippen LogP contribution is -1.96. The molecule has 468 valence electrons. The van der Waals surface area contributed by atoms with E-state index in [0.29, 0.717) is 0 Å². The van der Waals surface area contributed by atoms with E-state index in [-0.39, 0.29) is 0 Å². The molecule has 12 rings (SSSR count). The van der Waals surface area contributed by atoms with Crippen LogP contribution in [0, 0.1) is 83.1 Å². The van der Waals surface area contributed by atoms with Crippen LogP contribution in [0.2, 0.25) is 0 Å². The minimum Gasteiger partial charge on any atom is -0.0617 e. The van der Waals surface area contributed by atoms with E-state index in [1.165, 1.54) is 167 Å². The number of rotatable bonds is 18. The van der Waals surface area contributed by atoms with Crippen molar-refractivity contribution in [1.29, 1.82) is 0 Å². The van der Waals surface area contributed by atoms with Crippen molar-refractivity contribution in [3.8, 4) is 0 Å². The van der Waals surface area contributed by atoms with Gasteiger partial charge in [-0.1, -0.05) is 255 Å². The first-order valence-electron chi connectivity index (χ1n) is 33.7. The Morgan fingerprint density at radius 1 is 0.140 bits per heavy atom. The monoisotopic (exact) mass is 1210 g/mol. The van der Waals surface area contributed by atoms with Gasteiger partial charge < -0.3 is 0 Å². The summed E-state index contributed by atoms with van der Waals surface area (Å²) in [6, 6.07) is 94.8. The van der Waals surface area contributed by atoms with Gasteiger partial charge in [0.25, 0.3) is 0 Å². The highest BCUT2D eigenvalue weighted by molar-refractivity contribution is 5.44. The molecule has 93 heavy (non-hydrogen) atoms. The van der Waals surface area contributed by atoms with Gasteiger partial charge >= 0.3 is 0 Å². The van der Waals surface area contributed by atoms with Crippen LogP contribution in [0.15, 0.2) is 255 Å². The number of hydrogen-bond acceptors (Lipinski definition) is 0. The van der Waals surface area contributed by atoms with Crippen LogP contribution < -0.4 is 0 Å². The van der Waals surface area contributed by atoms with Gasteiger partial charge in [-0.05, 0) is 308 Å². The smallest absolute Gasteiger partial charge is 0.00230 e. The average Bonchev–Trinajstić information content (AvgIpc) is 1.54. The van der Waals surface area contributed by atoms with Crippen LogP contribution >= 0.6 is 0 Å². The Morgan fingerprint density at radius 3 is 0.484 bits per heavy atom. The Hall–Kier alpha value is -9.36. The molecule has 0 aliphatic heterocycles. The first-order chi connectivity index (χ1) is 44.9. The van der Waals surface area contributed by atoms with Crippen molar-refractivity contribution in [3.63, 3.8) is 0 Å². The van der Waals surface area contributed by atoms with E-state index in [1.54, 1.807) is 0 Å². The fourth-order valence-corrected chi connectivity index (χ4v) is 12.5. The van der Waals surface area contributed by atoms with Crippen LogP contribution in [-0.4, -0.2) is 0 Å². The van der Waals surface area contributed by atoms with Crippen molar-refractivity contribution in [2.45, 2.75) is 141 Å². The van der Waals surface area contributed by atoms with Crippen molar-refractivity contribution in [2.24, 2.45) is 0 Å². The maximum atomic E-state index is 2.31. The summed E-state index contributed by atoms with van der Waals surface area (Å²) in [6.45, 7) is 26.3. The second-order valence-electron chi connectivity index (χ2n) is 26.8. The van der Waals surface area contributed by atoms with Crippen molar-refractivity contribution < 1.29 is 0 Å². The van der Waals surface area contributed by atoms with E-state index in [9.17, 15) is 0 Å². The summed E-state index contributed by atoms with van der Waals surface area (Å²) in [7, 11) is 0. The van der Waals surface area contributed by atoms with Gasteiger partial charge in [-0.3, -0.25) is 0 Å². The lowest BCUT2D eigenvalue weighted by molar-refractivity contribution is 1.11. The molecule has 0 aliphatic rings. The van der Waals surface area contributed by atoms with E-state index < -0.39 is 0 Å². The van der Waals surface area contributed by atoms with Gasteiger partial charge in [0.1, 0.15) is 0 Å². The van der Waals surface area contributed by atoms with Gasteiger partial charge in [0.2, 0.25) is 0 Å². The number of hydrogen-bond donors (Lipinski definition) is 0. The Kier molecular flexibility index (Phi) is 22.7. The van der Waals surface area contributed by atoms with Crippen LogP contribution in [0.3, 0.4) is 0 Å². The van der Waals surface area contributed by atoms with E-state index in [2.05, 4.69) is 338 Å². The molecule has 0 atom stereocenters. The summed E-state index contributed by atoms with van der Waals surface area (Å²) < 4.78 is 0. The van der Waals surface area contributed by atoms with Gasteiger partial charge in [0.15, 0.2) is 0 Å². The minimum absolute atomic E-state index is 0.980. The summed E-state index contributed by atoms with van der Waals surface area (Å²) >= 11 is 0. The summed E-state index contributed by atoms with van der Waals surface area (Å²) in [5, 5.41) is 0. The molecule has 0 nitrogen and oxygen atoms in total. The Morgan fingerprint density at radius 2 is 0.301 bits per heavy atom. The first kappa shape index (κ1) is 66.6. The van der Waals surface area contributed by atoms with Crippen molar-refractivity contribution in [2.75, 3.05) is 0 Å². The second-order valence-corrected chi connectivity index (χ2v) is 26.8. The van der Waals surface area contributed by atoms with E-state index in [1.807, 2.05) is 0 Å². The molecule has 0 unspecified atom stereocenters. The molecule has 0 bridgehead atoms. The van der Waals surface area contributed by atoms with Crippen molar-refractivity contribution in [3.05, 3.63) is 422 Å². The average molecular weight is 1210 g/mol. The quantitative estimate of drug-likeness (QED) is 0.0803. The molecule has 0 heterocycles. The van der Waals surface area contributed by atoms with E-state index >= 15 is 0 Å². The van der Waals surface area contributed by atoms with E-state index in [4.69, 9.17) is 0 Å². The van der Waals surface area contributed by atoms with Crippen molar-refractivity contribution >= 4 is 0 Å². The summed E-state index contributed by atoms with van der Waals surface area (Å²) in [5.74, 6) is 0. The molecule has 0 saturated carbocycles. The zero-order chi connectivity index (χ0) is 65.4. The Balaban J connectivity index is 0.000000153. The molecular weight excluding hydrogens is 1120 g/mol. The van der Waals surface area contributed by atoms with Crippen molar-refractivity contribution in [1.82, 2.24) is 0 Å². The van der Waals surface area contributed by atoms with Crippen LogP contribution in [0.5, 0.6) is 0 Å². The normalized spacial score (nSPS) is 11.0. The molecule has 0 N–H and O–H groups in total. The molecule has 12 aromatic carbocycles. The van der Waals surface area contributed by atoms with Gasteiger partial charge in [0.05, 0.1) is 0 Å². The predicted octanol–water partition coefficient (Wildman–Crippen LogP) is 23.1. The topological polar surface area (TPSA) is 0 Å². The molecule has 0 amide bonds. The first-order valence-corrected chi connectivity index (χ1v) is 33.7. The molecule has 0 radical (unpaired) electrons. The maximum Gasteiger partial charge on any atom is -0.00230 e. The number of benzene rings is 12. The van der Waals surface area contributed by atoms with Gasteiger partial charge in [0, 0.05) is 0 Å². The molecular formula is C93H96.